The second kappa shape index (κ2) is 15.8. The molecule has 10 heteroatoms. The summed E-state index contributed by atoms with van der Waals surface area (Å²) in [5.74, 6) is 2.46. The van der Waals surface area contributed by atoms with Crippen LogP contribution in [0.3, 0.4) is 0 Å². The van der Waals surface area contributed by atoms with Crippen LogP contribution in [0, 0.1) is 19.9 Å². The molecule has 2 N–H and O–H groups in total. The van der Waals surface area contributed by atoms with Crippen LogP contribution in [0.2, 0.25) is 0 Å². The summed E-state index contributed by atoms with van der Waals surface area (Å²) in [4.78, 5) is 12.6. The van der Waals surface area contributed by atoms with E-state index in [-0.39, 0.29) is 26.5 Å². The van der Waals surface area contributed by atoms with Crippen molar-refractivity contribution in [1.29, 1.82) is 0 Å². The molecule has 1 radical (unpaired) electrons. The second-order valence-electron chi connectivity index (χ2n) is 8.25. The molecule has 6 aromatic rings. The van der Waals surface area contributed by atoms with E-state index in [9.17, 15) is 0 Å². The predicted octanol–water partition coefficient (Wildman–Crippen LogP) is 4.99. The molecule has 0 aliphatic carbocycles. The summed E-state index contributed by atoms with van der Waals surface area (Å²) in [5.41, 5.74) is 9.46. The first kappa shape index (κ1) is 30.0. The molecule has 0 saturated heterocycles. The van der Waals surface area contributed by atoms with E-state index in [1.165, 1.54) is 11.1 Å². The van der Waals surface area contributed by atoms with E-state index in [2.05, 4.69) is 31.2 Å². The molecule has 6 rings (SSSR count). The molecule has 0 saturated carbocycles. The van der Waals surface area contributed by atoms with Gasteiger partial charge in [-0.3, -0.25) is 5.73 Å². The fourth-order valence-electron chi connectivity index (χ4n) is 3.40. The zero-order chi connectivity index (χ0) is 27.3. The summed E-state index contributed by atoms with van der Waals surface area (Å²) < 4.78 is 8.68. The van der Waals surface area contributed by atoms with E-state index in [4.69, 9.17) is 10.5 Å². The number of nitrogens with zero attached hydrogens (tertiary/aromatic N) is 7. The summed E-state index contributed by atoms with van der Waals surface area (Å²) in [6.45, 7) is 4.25. The molecule has 0 atom stereocenters. The largest absolute Gasteiger partial charge is 1.00 e. The van der Waals surface area contributed by atoms with E-state index < -0.39 is 0 Å². The van der Waals surface area contributed by atoms with Crippen LogP contribution < -0.4 is 10.5 Å². The second-order valence-corrected chi connectivity index (χ2v) is 8.25. The van der Waals surface area contributed by atoms with Crippen LogP contribution in [0.15, 0.2) is 116 Å². The van der Waals surface area contributed by atoms with E-state index >= 15 is 0 Å². The van der Waals surface area contributed by atoms with Crippen molar-refractivity contribution in [2.24, 2.45) is 5.73 Å². The SMILES string of the molecule is Cc1ccnc(-n2cccn2)c1.Cc1ccnc(-n2cccn2)c1.NCOc1cc[c-]c(-c2ccccn2)c1.[Os+]. The Morgan fingerprint density at radius 3 is 1.82 bits per heavy atom. The van der Waals surface area contributed by atoms with Crippen molar-refractivity contribution < 1.29 is 24.5 Å². The molecule has 0 amide bonds. The Kier molecular flexibility index (Phi) is 11.9. The number of hydrogen-bond donors (Lipinski definition) is 1. The topological polar surface area (TPSA) is 110 Å². The van der Waals surface area contributed by atoms with Crippen molar-refractivity contribution in [2.75, 3.05) is 6.73 Å². The first-order chi connectivity index (χ1) is 19.1. The minimum absolute atomic E-state index is 0. The van der Waals surface area contributed by atoms with Gasteiger partial charge in [0.25, 0.3) is 0 Å². The van der Waals surface area contributed by atoms with Gasteiger partial charge in [0.2, 0.25) is 0 Å². The fourth-order valence-corrected chi connectivity index (χ4v) is 3.40. The van der Waals surface area contributed by atoms with Crippen LogP contribution >= 0.6 is 0 Å². The van der Waals surface area contributed by atoms with E-state index in [1.807, 2.05) is 93.0 Å². The molecule has 0 aliphatic rings. The monoisotopic (exact) mass is 709 g/mol. The Hall–Kier alpha value is -4.51. The minimum Gasteiger partial charge on any atom is -0.498 e. The van der Waals surface area contributed by atoms with Gasteiger partial charge in [-0.25, -0.2) is 19.3 Å². The first-order valence-electron chi connectivity index (χ1n) is 12.2. The molecule has 0 fully saturated rings. The van der Waals surface area contributed by atoms with Gasteiger partial charge in [-0.05, 0) is 73.1 Å². The Bertz CT molecular complexity index is 1470. The quantitative estimate of drug-likeness (QED) is 0.199. The van der Waals surface area contributed by atoms with Crippen LogP contribution in [-0.2, 0) is 19.8 Å². The number of aryl methyl sites for hydroxylation is 2. The molecule has 40 heavy (non-hydrogen) atoms. The number of aromatic nitrogens is 7. The van der Waals surface area contributed by atoms with Gasteiger partial charge in [0.1, 0.15) is 6.73 Å². The Labute approximate surface area is 246 Å². The fraction of sp³-hybridized carbons (Fsp3) is 0.100. The van der Waals surface area contributed by atoms with Crippen molar-refractivity contribution in [3.05, 3.63) is 133 Å². The summed E-state index contributed by atoms with van der Waals surface area (Å²) in [6.07, 6.45) is 12.6. The van der Waals surface area contributed by atoms with Crippen molar-refractivity contribution in [2.45, 2.75) is 13.8 Å². The van der Waals surface area contributed by atoms with Gasteiger partial charge in [-0.2, -0.15) is 10.2 Å². The summed E-state index contributed by atoms with van der Waals surface area (Å²) in [7, 11) is 0. The third-order valence-electron chi connectivity index (χ3n) is 5.24. The van der Waals surface area contributed by atoms with Crippen LogP contribution in [0.5, 0.6) is 5.75 Å². The van der Waals surface area contributed by atoms with Crippen molar-refractivity contribution >= 4 is 0 Å². The van der Waals surface area contributed by atoms with Gasteiger partial charge in [0.05, 0.1) is 0 Å². The molecule has 203 valence electrons. The number of benzene rings is 1. The Morgan fingerprint density at radius 2 is 1.35 bits per heavy atom. The summed E-state index contributed by atoms with van der Waals surface area (Å²) in [6, 6.07) is 26.0. The molecule has 0 bridgehead atoms. The number of ether oxygens (including phenoxy) is 1. The molecular weight excluding hydrogens is 679 g/mol. The zero-order valence-corrected chi connectivity index (χ0v) is 24.7. The van der Waals surface area contributed by atoms with Crippen LogP contribution in [0.1, 0.15) is 11.1 Å². The average molecular weight is 708 g/mol. The first-order valence-corrected chi connectivity index (χ1v) is 12.2. The minimum atomic E-state index is 0. The molecule has 9 nitrogen and oxygen atoms in total. The number of nitrogens with two attached hydrogens (primary N) is 1. The van der Waals surface area contributed by atoms with Crippen LogP contribution in [0.4, 0.5) is 0 Å². The van der Waals surface area contributed by atoms with Gasteiger partial charge in [0.15, 0.2) is 11.6 Å². The Balaban J connectivity index is 0.000000165. The van der Waals surface area contributed by atoms with Gasteiger partial charge >= 0.3 is 19.8 Å². The number of rotatable bonds is 5. The van der Waals surface area contributed by atoms with Crippen LogP contribution in [0.25, 0.3) is 22.9 Å². The zero-order valence-electron chi connectivity index (χ0n) is 22.1. The van der Waals surface area contributed by atoms with E-state index in [0.29, 0.717) is 0 Å². The van der Waals surface area contributed by atoms with Gasteiger partial charge < -0.3 is 9.72 Å². The summed E-state index contributed by atoms with van der Waals surface area (Å²) >= 11 is 0. The molecular formula is C30H29N8OOs. The third kappa shape index (κ3) is 9.05. The standard InChI is InChI=1S/C12H11N2O.2C9H9N3.Os/c13-9-15-11-5-3-4-10(8-11)12-6-1-2-7-14-12;2*1-8-3-5-10-9(7-8)12-6-2-4-11-12;/h1-3,5-8H,9,13H2;2*2-7H,1H3;/q-1;;;+1. The summed E-state index contributed by atoms with van der Waals surface area (Å²) in [5, 5.41) is 8.16. The van der Waals surface area contributed by atoms with E-state index in [0.717, 1.165) is 28.6 Å². The normalized spacial score (nSPS) is 9.78. The molecule has 0 aliphatic heterocycles. The van der Waals surface area contributed by atoms with E-state index in [1.54, 1.807) is 46.4 Å². The molecule has 5 heterocycles. The maximum Gasteiger partial charge on any atom is 1.00 e. The van der Waals surface area contributed by atoms with Crippen molar-refractivity contribution in [3.63, 3.8) is 0 Å². The number of hydrogen-bond acceptors (Lipinski definition) is 7. The number of pyridine rings is 3. The predicted molar refractivity (Wildman–Crippen MR) is 150 cm³/mol. The van der Waals surface area contributed by atoms with Crippen LogP contribution in [-0.4, -0.2) is 41.2 Å². The third-order valence-corrected chi connectivity index (χ3v) is 5.24. The molecule has 5 aromatic heterocycles. The van der Waals surface area contributed by atoms with Gasteiger partial charge in [-0.1, -0.05) is 12.1 Å². The molecule has 0 spiro atoms. The van der Waals surface area contributed by atoms with Crippen molar-refractivity contribution in [1.82, 2.24) is 34.5 Å². The molecule has 1 aromatic carbocycles. The maximum atomic E-state index is 5.30. The molecule has 0 unspecified atom stereocenters. The van der Waals surface area contributed by atoms with Crippen molar-refractivity contribution in [3.8, 4) is 28.6 Å². The maximum absolute atomic E-state index is 5.30. The average Bonchev–Trinajstić information content (AvgIpc) is 3.70. The van der Waals surface area contributed by atoms with Gasteiger partial charge in [-0.15, -0.1) is 29.8 Å². The smallest absolute Gasteiger partial charge is 0.498 e. The Morgan fingerprint density at radius 1 is 0.725 bits per heavy atom. The van der Waals surface area contributed by atoms with Gasteiger partial charge in [0, 0.05) is 49.1 Å².